The fraction of sp³-hybridized carbons (Fsp3) is 0.429. The van der Waals surface area contributed by atoms with Crippen LogP contribution in [-0.4, -0.2) is 31.0 Å². The van der Waals surface area contributed by atoms with Crippen molar-refractivity contribution >= 4 is 27.4 Å². The molecular weight excluding hydrogens is 326 g/mol. The maximum Gasteiger partial charge on any atom is 0.298 e. The van der Waals surface area contributed by atoms with Gasteiger partial charge in [-0.25, -0.2) is 4.18 Å². The number of Topliss-reactive ketones (excluding diaryl/α,β-unsaturated/α-hetero) is 2. The van der Waals surface area contributed by atoms with E-state index in [0.717, 1.165) is 24.3 Å². The van der Waals surface area contributed by atoms with Crippen LogP contribution in [0.5, 0.6) is 0 Å². The quantitative estimate of drug-likeness (QED) is 0.353. The zero-order valence-corrected chi connectivity index (χ0v) is 13.3. The first-order valence-corrected chi connectivity index (χ1v) is 8.16. The molecule has 0 amide bonds. The SMILES string of the molecule is CC1(C)CC(=O)C(OS(=O)(=O)c2ccc([N+](=O)[O-])cc2)C(=O)C1. The van der Waals surface area contributed by atoms with Gasteiger partial charge in [-0.05, 0) is 17.5 Å². The highest BCUT2D eigenvalue weighted by atomic mass is 32.2. The second kappa shape index (κ2) is 5.82. The number of rotatable bonds is 4. The second-order valence-corrected chi connectivity index (χ2v) is 7.70. The van der Waals surface area contributed by atoms with Crippen LogP contribution in [0.4, 0.5) is 5.69 Å². The number of carbonyl (C=O) groups excluding carboxylic acids is 2. The molecule has 0 aromatic heterocycles. The van der Waals surface area contributed by atoms with Crippen LogP contribution in [0.3, 0.4) is 0 Å². The zero-order chi connectivity index (χ0) is 17.4. The van der Waals surface area contributed by atoms with E-state index < -0.39 is 38.1 Å². The number of nitrogens with zero attached hydrogens (tertiary/aromatic N) is 1. The van der Waals surface area contributed by atoms with Crippen molar-refractivity contribution in [1.29, 1.82) is 0 Å². The van der Waals surface area contributed by atoms with Gasteiger partial charge < -0.3 is 0 Å². The summed E-state index contributed by atoms with van der Waals surface area (Å²) in [6.45, 7) is 3.48. The van der Waals surface area contributed by atoms with E-state index in [-0.39, 0.29) is 23.4 Å². The summed E-state index contributed by atoms with van der Waals surface area (Å²) in [4.78, 5) is 33.5. The third kappa shape index (κ3) is 3.80. The molecule has 0 saturated heterocycles. The Labute approximate surface area is 132 Å². The fourth-order valence-corrected chi connectivity index (χ4v) is 3.44. The van der Waals surface area contributed by atoms with Gasteiger partial charge >= 0.3 is 0 Å². The molecule has 23 heavy (non-hydrogen) atoms. The normalized spacial score (nSPS) is 18.9. The number of carbonyl (C=O) groups is 2. The van der Waals surface area contributed by atoms with Gasteiger partial charge in [-0.2, -0.15) is 8.42 Å². The third-order valence-corrected chi connectivity index (χ3v) is 4.74. The Hall–Kier alpha value is -2.13. The third-order valence-electron chi connectivity index (χ3n) is 3.45. The van der Waals surface area contributed by atoms with E-state index in [2.05, 4.69) is 0 Å². The predicted molar refractivity (Wildman–Crippen MR) is 78.2 cm³/mol. The first-order valence-electron chi connectivity index (χ1n) is 6.75. The van der Waals surface area contributed by atoms with Gasteiger partial charge in [-0.15, -0.1) is 0 Å². The molecule has 0 unspecified atom stereocenters. The fourth-order valence-electron chi connectivity index (χ4n) is 2.39. The Morgan fingerprint density at radius 2 is 1.61 bits per heavy atom. The summed E-state index contributed by atoms with van der Waals surface area (Å²) in [5.74, 6) is -1.17. The van der Waals surface area contributed by atoms with E-state index in [9.17, 15) is 28.1 Å². The van der Waals surface area contributed by atoms with Gasteiger partial charge in [0.05, 0.1) is 9.82 Å². The molecule has 1 aliphatic rings. The summed E-state index contributed by atoms with van der Waals surface area (Å²) < 4.78 is 29.1. The van der Waals surface area contributed by atoms with Crippen molar-refractivity contribution in [2.24, 2.45) is 5.41 Å². The summed E-state index contributed by atoms with van der Waals surface area (Å²) >= 11 is 0. The number of ketones is 2. The first-order chi connectivity index (χ1) is 10.5. The number of hydrogen-bond acceptors (Lipinski definition) is 7. The van der Waals surface area contributed by atoms with Crippen LogP contribution in [0.25, 0.3) is 0 Å². The highest BCUT2D eigenvalue weighted by molar-refractivity contribution is 7.86. The van der Waals surface area contributed by atoms with Crippen LogP contribution in [0.2, 0.25) is 0 Å². The van der Waals surface area contributed by atoms with Crippen molar-refractivity contribution in [1.82, 2.24) is 0 Å². The average Bonchev–Trinajstić information content (AvgIpc) is 2.42. The summed E-state index contributed by atoms with van der Waals surface area (Å²) in [6.07, 6.45) is -1.57. The number of benzene rings is 1. The lowest BCUT2D eigenvalue weighted by Gasteiger charge is -2.31. The van der Waals surface area contributed by atoms with Gasteiger partial charge in [-0.1, -0.05) is 13.8 Å². The van der Waals surface area contributed by atoms with Crippen molar-refractivity contribution in [2.45, 2.75) is 37.7 Å². The smallest absolute Gasteiger partial charge is 0.296 e. The molecule has 1 aliphatic carbocycles. The van der Waals surface area contributed by atoms with Gasteiger partial charge in [0.2, 0.25) is 0 Å². The number of nitro benzene ring substituents is 1. The molecule has 1 aromatic carbocycles. The highest BCUT2D eigenvalue weighted by Crippen LogP contribution is 2.33. The summed E-state index contributed by atoms with van der Waals surface area (Å²) in [5.41, 5.74) is -0.805. The number of nitro groups is 1. The molecule has 1 saturated carbocycles. The Morgan fingerprint density at radius 3 is 2.04 bits per heavy atom. The van der Waals surface area contributed by atoms with Crippen molar-refractivity contribution in [3.8, 4) is 0 Å². The predicted octanol–water partition coefficient (Wildman–Crippen LogP) is 1.63. The topological polar surface area (TPSA) is 121 Å². The molecule has 0 N–H and O–H groups in total. The molecule has 9 heteroatoms. The molecule has 1 aromatic rings. The van der Waals surface area contributed by atoms with Gasteiger partial charge in [0, 0.05) is 25.0 Å². The molecule has 0 aliphatic heterocycles. The minimum atomic E-state index is -4.37. The van der Waals surface area contributed by atoms with Crippen LogP contribution in [0, 0.1) is 15.5 Å². The molecule has 124 valence electrons. The zero-order valence-electron chi connectivity index (χ0n) is 12.5. The summed E-state index contributed by atoms with van der Waals surface area (Å²) in [6, 6.07) is 4.00. The maximum absolute atomic E-state index is 12.1. The molecule has 1 fully saturated rings. The van der Waals surface area contributed by atoms with Crippen LogP contribution >= 0.6 is 0 Å². The molecule has 0 spiro atoms. The Balaban J connectivity index is 2.22. The molecule has 2 rings (SSSR count). The van der Waals surface area contributed by atoms with Crippen LogP contribution < -0.4 is 0 Å². The molecule has 0 heterocycles. The Bertz CT molecular complexity index is 745. The molecule has 0 bridgehead atoms. The van der Waals surface area contributed by atoms with E-state index in [1.54, 1.807) is 13.8 Å². The maximum atomic E-state index is 12.1. The Kier molecular flexibility index (Phi) is 4.36. The second-order valence-electron chi connectivity index (χ2n) is 6.13. The monoisotopic (exact) mass is 341 g/mol. The molecule has 0 atom stereocenters. The van der Waals surface area contributed by atoms with E-state index >= 15 is 0 Å². The lowest BCUT2D eigenvalue weighted by atomic mass is 9.75. The minimum absolute atomic E-state index is 0.0409. The van der Waals surface area contributed by atoms with Gasteiger partial charge in [-0.3, -0.25) is 19.7 Å². The molecule has 0 radical (unpaired) electrons. The lowest BCUT2D eigenvalue weighted by molar-refractivity contribution is -0.384. The van der Waals surface area contributed by atoms with Crippen LogP contribution in [0.1, 0.15) is 26.7 Å². The van der Waals surface area contributed by atoms with E-state index in [0.29, 0.717) is 0 Å². The first kappa shape index (κ1) is 17.2. The largest absolute Gasteiger partial charge is 0.298 e. The van der Waals surface area contributed by atoms with Gasteiger partial charge in [0.25, 0.3) is 15.8 Å². The number of hydrogen-bond donors (Lipinski definition) is 0. The van der Waals surface area contributed by atoms with Gasteiger partial charge in [0.15, 0.2) is 17.7 Å². The highest BCUT2D eigenvalue weighted by Gasteiger charge is 2.42. The van der Waals surface area contributed by atoms with E-state index in [1.807, 2.05) is 0 Å². The summed E-state index contributed by atoms with van der Waals surface area (Å²) in [5, 5.41) is 10.6. The molecular formula is C14H15NO7S. The van der Waals surface area contributed by atoms with E-state index in [4.69, 9.17) is 4.18 Å². The lowest BCUT2D eigenvalue weighted by Crippen LogP contribution is -2.44. The minimum Gasteiger partial charge on any atom is -0.296 e. The van der Waals surface area contributed by atoms with Crippen molar-refractivity contribution in [3.63, 3.8) is 0 Å². The average molecular weight is 341 g/mol. The van der Waals surface area contributed by atoms with Crippen molar-refractivity contribution in [2.75, 3.05) is 0 Å². The Morgan fingerprint density at radius 1 is 1.13 bits per heavy atom. The number of non-ortho nitro benzene ring substituents is 1. The molecule has 8 nitrogen and oxygen atoms in total. The van der Waals surface area contributed by atoms with E-state index in [1.165, 1.54) is 0 Å². The van der Waals surface area contributed by atoms with Crippen LogP contribution in [0.15, 0.2) is 29.2 Å². The van der Waals surface area contributed by atoms with Crippen LogP contribution in [-0.2, 0) is 23.9 Å². The standard InChI is InChI=1S/C14H15NO7S/c1-14(2)7-11(16)13(12(17)8-14)22-23(20,21)10-5-3-9(4-6-10)15(18)19/h3-6,13H,7-8H2,1-2H3. The summed E-state index contributed by atoms with van der Waals surface area (Å²) in [7, 11) is -4.37. The van der Waals surface area contributed by atoms with Gasteiger partial charge in [0.1, 0.15) is 0 Å². The van der Waals surface area contributed by atoms with Crippen molar-refractivity contribution < 1.29 is 27.1 Å². The van der Waals surface area contributed by atoms with Crippen molar-refractivity contribution in [3.05, 3.63) is 34.4 Å².